The Morgan fingerprint density at radius 1 is 1.25 bits per heavy atom. The van der Waals surface area contributed by atoms with Gasteiger partial charge in [0.05, 0.1) is 6.26 Å². The second kappa shape index (κ2) is 7.80. The van der Waals surface area contributed by atoms with Crippen molar-refractivity contribution in [2.24, 2.45) is 0 Å². The van der Waals surface area contributed by atoms with Gasteiger partial charge in [-0.25, -0.2) is 0 Å². The molecule has 4 heteroatoms. The Bertz CT molecular complexity index is 520. The molecule has 1 aromatic heterocycles. The molecule has 106 valence electrons. The van der Waals surface area contributed by atoms with E-state index in [4.69, 9.17) is 4.42 Å². The van der Waals surface area contributed by atoms with Crippen molar-refractivity contribution in [1.82, 2.24) is 5.32 Å². The van der Waals surface area contributed by atoms with Crippen molar-refractivity contribution < 1.29 is 9.21 Å². The molecular formula is C16H19NO2S. The number of rotatable bonds is 7. The van der Waals surface area contributed by atoms with Gasteiger partial charge in [-0.05, 0) is 31.2 Å². The van der Waals surface area contributed by atoms with Gasteiger partial charge in [-0.2, -0.15) is 0 Å². The van der Waals surface area contributed by atoms with Crippen molar-refractivity contribution >= 4 is 17.7 Å². The molecule has 0 fully saturated rings. The Labute approximate surface area is 123 Å². The van der Waals surface area contributed by atoms with Gasteiger partial charge < -0.3 is 9.73 Å². The minimum absolute atomic E-state index is 0.0749. The first-order valence-corrected chi connectivity index (χ1v) is 7.71. The zero-order valence-corrected chi connectivity index (χ0v) is 12.4. The topological polar surface area (TPSA) is 42.2 Å². The van der Waals surface area contributed by atoms with Crippen LogP contribution in [0.15, 0.2) is 52.0 Å². The largest absolute Gasteiger partial charge is 0.469 e. The fourth-order valence-electron chi connectivity index (χ4n) is 1.77. The molecule has 0 aliphatic carbocycles. The fraction of sp³-hybridized carbons (Fsp3) is 0.312. The summed E-state index contributed by atoms with van der Waals surface area (Å²) in [5, 5.41) is 2.93. The van der Waals surface area contributed by atoms with E-state index in [1.165, 1.54) is 10.5 Å². The molecule has 20 heavy (non-hydrogen) atoms. The molecule has 1 aromatic carbocycles. The van der Waals surface area contributed by atoms with Crippen molar-refractivity contribution in [2.45, 2.75) is 24.7 Å². The van der Waals surface area contributed by atoms with Gasteiger partial charge in [0.2, 0.25) is 5.91 Å². The number of thioether (sulfide) groups is 1. The summed E-state index contributed by atoms with van der Waals surface area (Å²) in [4.78, 5) is 12.9. The van der Waals surface area contributed by atoms with Gasteiger partial charge in [0, 0.05) is 30.0 Å². The molecule has 2 rings (SSSR count). The third-order valence-corrected chi connectivity index (χ3v) is 3.91. The van der Waals surface area contributed by atoms with Crippen molar-refractivity contribution in [3.05, 3.63) is 54.0 Å². The molecule has 0 atom stereocenters. The third kappa shape index (κ3) is 5.13. The molecular weight excluding hydrogens is 270 g/mol. The molecule has 0 saturated heterocycles. The number of benzene rings is 1. The lowest BCUT2D eigenvalue weighted by atomic mass is 10.2. The number of hydrogen-bond acceptors (Lipinski definition) is 3. The molecule has 0 spiro atoms. The highest BCUT2D eigenvalue weighted by molar-refractivity contribution is 7.99. The lowest BCUT2D eigenvalue weighted by Gasteiger charge is -2.05. The van der Waals surface area contributed by atoms with E-state index in [9.17, 15) is 4.79 Å². The molecule has 1 heterocycles. The standard InChI is InChI=1S/C16H19NO2S/c1-13-4-7-15(8-5-13)20-12-10-17-16(18)9-6-14-3-2-11-19-14/h2-5,7-8,11H,6,9-10,12H2,1H3,(H,17,18). The van der Waals surface area contributed by atoms with Crippen molar-refractivity contribution in [2.75, 3.05) is 12.3 Å². The van der Waals surface area contributed by atoms with E-state index in [1.807, 2.05) is 12.1 Å². The van der Waals surface area contributed by atoms with Crippen LogP contribution in [0.3, 0.4) is 0 Å². The SMILES string of the molecule is Cc1ccc(SCCNC(=O)CCc2ccco2)cc1. The maximum Gasteiger partial charge on any atom is 0.220 e. The Hall–Kier alpha value is -1.68. The zero-order valence-electron chi connectivity index (χ0n) is 11.6. The number of carbonyl (C=O) groups excluding carboxylic acids is 1. The number of hydrogen-bond donors (Lipinski definition) is 1. The fourth-order valence-corrected chi connectivity index (χ4v) is 2.54. The predicted octanol–water partition coefficient (Wildman–Crippen LogP) is 3.43. The van der Waals surface area contributed by atoms with E-state index >= 15 is 0 Å². The highest BCUT2D eigenvalue weighted by Crippen LogP contribution is 2.17. The van der Waals surface area contributed by atoms with Gasteiger partial charge in [0.1, 0.15) is 5.76 Å². The van der Waals surface area contributed by atoms with E-state index in [0.717, 1.165) is 11.5 Å². The van der Waals surface area contributed by atoms with Crippen LogP contribution in [0.5, 0.6) is 0 Å². The van der Waals surface area contributed by atoms with E-state index in [1.54, 1.807) is 18.0 Å². The summed E-state index contributed by atoms with van der Waals surface area (Å²) in [6.07, 6.45) is 2.76. The van der Waals surface area contributed by atoms with Crippen LogP contribution < -0.4 is 5.32 Å². The quantitative estimate of drug-likeness (QED) is 0.627. The van der Waals surface area contributed by atoms with Crippen molar-refractivity contribution in [3.8, 4) is 0 Å². The number of aryl methyl sites for hydroxylation is 2. The average molecular weight is 289 g/mol. The second-order valence-electron chi connectivity index (χ2n) is 4.59. The summed E-state index contributed by atoms with van der Waals surface area (Å²) in [5.74, 6) is 1.82. The molecule has 0 aliphatic rings. The van der Waals surface area contributed by atoms with Crippen LogP contribution in [0.2, 0.25) is 0 Å². The molecule has 0 bridgehead atoms. The van der Waals surface area contributed by atoms with Crippen LogP contribution in [0.1, 0.15) is 17.7 Å². The summed E-state index contributed by atoms with van der Waals surface area (Å²) < 4.78 is 5.19. The Kier molecular flexibility index (Phi) is 5.74. The summed E-state index contributed by atoms with van der Waals surface area (Å²) >= 11 is 1.75. The first-order chi connectivity index (χ1) is 9.74. The molecule has 0 saturated carbocycles. The van der Waals surface area contributed by atoms with E-state index in [0.29, 0.717) is 19.4 Å². The van der Waals surface area contributed by atoms with E-state index in [-0.39, 0.29) is 5.91 Å². The number of furan rings is 1. The predicted molar refractivity (Wildman–Crippen MR) is 81.9 cm³/mol. The van der Waals surface area contributed by atoms with Crippen molar-refractivity contribution in [3.63, 3.8) is 0 Å². The van der Waals surface area contributed by atoms with Gasteiger partial charge in [0.25, 0.3) is 0 Å². The monoisotopic (exact) mass is 289 g/mol. The highest BCUT2D eigenvalue weighted by atomic mass is 32.2. The van der Waals surface area contributed by atoms with Crippen LogP contribution in [0, 0.1) is 6.92 Å². The van der Waals surface area contributed by atoms with Crippen LogP contribution in [0.25, 0.3) is 0 Å². The number of nitrogens with one attached hydrogen (secondary N) is 1. The number of amides is 1. The summed E-state index contributed by atoms with van der Waals surface area (Å²) in [6, 6.07) is 12.2. The first-order valence-electron chi connectivity index (χ1n) is 6.72. The third-order valence-electron chi connectivity index (χ3n) is 2.89. The first kappa shape index (κ1) is 14.7. The maximum absolute atomic E-state index is 11.6. The van der Waals surface area contributed by atoms with Crippen molar-refractivity contribution in [1.29, 1.82) is 0 Å². The summed E-state index contributed by atoms with van der Waals surface area (Å²) in [6.45, 7) is 2.77. The molecule has 3 nitrogen and oxygen atoms in total. The van der Waals surface area contributed by atoms with Gasteiger partial charge in [-0.15, -0.1) is 11.8 Å². The zero-order chi connectivity index (χ0) is 14.2. The Morgan fingerprint density at radius 3 is 2.75 bits per heavy atom. The lowest BCUT2D eigenvalue weighted by Crippen LogP contribution is -2.25. The van der Waals surface area contributed by atoms with E-state index < -0.39 is 0 Å². The van der Waals surface area contributed by atoms with Crippen LogP contribution in [-0.2, 0) is 11.2 Å². The second-order valence-corrected chi connectivity index (χ2v) is 5.76. The van der Waals surface area contributed by atoms with Gasteiger partial charge in [0.15, 0.2) is 0 Å². The number of carbonyl (C=O) groups is 1. The van der Waals surface area contributed by atoms with Crippen LogP contribution in [0.4, 0.5) is 0 Å². The summed E-state index contributed by atoms with van der Waals surface area (Å²) in [5.41, 5.74) is 1.26. The molecule has 1 N–H and O–H groups in total. The van der Waals surface area contributed by atoms with Gasteiger partial charge >= 0.3 is 0 Å². The Morgan fingerprint density at radius 2 is 2.05 bits per heavy atom. The molecule has 0 aliphatic heterocycles. The van der Waals surface area contributed by atoms with Gasteiger partial charge in [-0.3, -0.25) is 4.79 Å². The van der Waals surface area contributed by atoms with E-state index in [2.05, 4.69) is 36.5 Å². The summed E-state index contributed by atoms with van der Waals surface area (Å²) in [7, 11) is 0. The molecule has 0 unspecified atom stereocenters. The molecule has 0 radical (unpaired) electrons. The average Bonchev–Trinajstić information content (AvgIpc) is 2.96. The normalized spacial score (nSPS) is 10.4. The molecule has 1 amide bonds. The lowest BCUT2D eigenvalue weighted by molar-refractivity contribution is -0.121. The minimum Gasteiger partial charge on any atom is -0.469 e. The highest BCUT2D eigenvalue weighted by Gasteiger charge is 2.03. The van der Waals surface area contributed by atoms with Crippen LogP contribution in [-0.4, -0.2) is 18.2 Å². The smallest absolute Gasteiger partial charge is 0.220 e. The minimum atomic E-state index is 0.0749. The van der Waals surface area contributed by atoms with Gasteiger partial charge in [-0.1, -0.05) is 17.7 Å². The van der Waals surface area contributed by atoms with Crippen LogP contribution >= 0.6 is 11.8 Å². The molecule has 2 aromatic rings. The maximum atomic E-state index is 11.6. The Balaban J connectivity index is 1.58.